The highest BCUT2D eigenvalue weighted by Gasteiger charge is 2.33. The molecular formula is C14H9F3N4OS. The SMILES string of the molecule is Cc1cccc2sc(NC(=O)c3nccc(C(F)(F)F)n3)nc12. The van der Waals surface area contributed by atoms with Crippen molar-refractivity contribution in [1.29, 1.82) is 0 Å². The first kappa shape index (κ1) is 15.3. The first-order valence-electron chi connectivity index (χ1n) is 6.42. The number of aryl methyl sites for hydroxylation is 1. The van der Waals surface area contributed by atoms with Gasteiger partial charge in [0, 0.05) is 6.20 Å². The topological polar surface area (TPSA) is 67.8 Å². The number of para-hydroxylation sites is 1. The molecule has 1 amide bonds. The average molecular weight is 338 g/mol. The lowest BCUT2D eigenvalue weighted by Crippen LogP contribution is -2.18. The maximum absolute atomic E-state index is 12.6. The summed E-state index contributed by atoms with van der Waals surface area (Å²) in [4.78, 5) is 23.1. The van der Waals surface area contributed by atoms with Crippen molar-refractivity contribution in [2.45, 2.75) is 13.1 Å². The van der Waals surface area contributed by atoms with Crippen LogP contribution in [0.15, 0.2) is 30.5 Å². The fraction of sp³-hybridized carbons (Fsp3) is 0.143. The lowest BCUT2D eigenvalue weighted by molar-refractivity contribution is -0.141. The number of nitrogens with zero attached hydrogens (tertiary/aromatic N) is 3. The molecule has 0 atom stereocenters. The molecule has 0 spiro atoms. The number of aromatic nitrogens is 3. The summed E-state index contributed by atoms with van der Waals surface area (Å²) in [5, 5.41) is 2.71. The first-order chi connectivity index (χ1) is 10.8. The summed E-state index contributed by atoms with van der Waals surface area (Å²) in [5.41, 5.74) is 0.505. The van der Waals surface area contributed by atoms with E-state index in [1.165, 1.54) is 11.3 Å². The van der Waals surface area contributed by atoms with Gasteiger partial charge in [0.15, 0.2) is 5.13 Å². The Balaban J connectivity index is 1.87. The van der Waals surface area contributed by atoms with Crippen LogP contribution in [0.5, 0.6) is 0 Å². The summed E-state index contributed by atoms with van der Waals surface area (Å²) in [5.74, 6) is -1.40. The van der Waals surface area contributed by atoms with Gasteiger partial charge in [0.1, 0.15) is 5.69 Å². The van der Waals surface area contributed by atoms with Gasteiger partial charge in [-0.1, -0.05) is 23.5 Å². The second-order valence-corrected chi connectivity index (χ2v) is 5.69. The van der Waals surface area contributed by atoms with Crippen molar-refractivity contribution in [2.24, 2.45) is 0 Å². The van der Waals surface area contributed by atoms with Crippen LogP contribution in [0.25, 0.3) is 10.2 Å². The van der Waals surface area contributed by atoms with Gasteiger partial charge in [-0.25, -0.2) is 15.0 Å². The summed E-state index contributed by atoms with van der Waals surface area (Å²) in [6, 6.07) is 6.29. The molecule has 9 heteroatoms. The normalized spacial score (nSPS) is 11.7. The van der Waals surface area contributed by atoms with Crippen LogP contribution in [-0.2, 0) is 6.18 Å². The van der Waals surface area contributed by atoms with Crippen LogP contribution in [-0.4, -0.2) is 20.9 Å². The van der Waals surface area contributed by atoms with Crippen molar-refractivity contribution < 1.29 is 18.0 Å². The molecule has 0 bridgehead atoms. The van der Waals surface area contributed by atoms with Crippen molar-refractivity contribution >= 4 is 32.6 Å². The standard InChI is InChI=1S/C14H9F3N4OS/c1-7-3-2-4-8-10(7)20-13(23-8)21-12(22)11-18-6-5-9(19-11)14(15,16)17/h2-6H,1H3,(H,20,21,22). The van der Waals surface area contributed by atoms with Crippen LogP contribution in [0.1, 0.15) is 21.9 Å². The highest BCUT2D eigenvalue weighted by molar-refractivity contribution is 7.22. The van der Waals surface area contributed by atoms with E-state index in [4.69, 9.17) is 0 Å². The minimum absolute atomic E-state index is 0.278. The molecular weight excluding hydrogens is 329 g/mol. The average Bonchev–Trinajstić information content (AvgIpc) is 2.90. The zero-order valence-corrected chi connectivity index (χ0v) is 12.5. The molecule has 2 heterocycles. The number of amides is 1. The van der Waals surface area contributed by atoms with Crippen molar-refractivity contribution in [1.82, 2.24) is 15.0 Å². The summed E-state index contributed by atoms with van der Waals surface area (Å²) < 4.78 is 38.7. The Morgan fingerprint density at radius 1 is 1.22 bits per heavy atom. The van der Waals surface area contributed by atoms with Crippen LogP contribution in [0.2, 0.25) is 0 Å². The highest BCUT2D eigenvalue weighted by Crippen LogP contribution is 2.29. The molecule has 0 saturated heterocycles. The molecule has 1 aromatic carbocycles. The number of rotatable bonds is 2. The summed E-state index contributed by atoms with van der Waals surface area (Å²) in [6.45, 7) is 1.88. The van der Waals surface area contributed by atoms with Gasteiger partial charge in [0.25, 0.3) is 5.91 Å². The molecule has 23 heavy (non-hydrogen) atoms. The number of alkyl halides is 3. The number of fused-ring (bicyclic) bond motifs is 1. The van der Waals surface area contributed by atoms with Gasteiger partial charge < -0.3 is 0 Å². The van der Waals surface area contributed by atoms with E-state index in [1.54, 1.807) is 0 Å². The molecule has 0 aliphatic rings. The zero-order chi connectivity index (χ0) is 16.6. The van der Waals surface area contributed by atoms with Crippen LogP contribution in [0, 0.1) is 6.92 Å². The monoisotopic (exact) mass is 338 g/mol. The molecule has 0 aliphatic heterocycles. The van der Waals surface area contributed by atoms with Gasteiger partial charge in [-0.05, 0) is 24.6 Å². The predicted octanol–water partition coefficient (Wildman–Crippen LogP) is 3.67. The minimum Gasteiger partial charge on any atom is -0.295 e. The third-order valence-electron chi connectivity index (χ3n) is 2.99. The Kier molecular flexibility index (Phi) is 3.72. The lowest BCUT2D eigenvalue weighted by Gasteiger charge is -2.06. The molecule has 2 aromatic heterocycles. The molecule has 118 valence electrons. The number of hydrogen-bond acceptors (Lipinski definition) is 5. The quantitative estimate of drug-likeness (QED) is 0.774. The fourth-order valence-corrected chi connectivity index (χ4v) is 2.86. The molecule has 0 fully saturated rings. The Hall–Kier alpha value is -2.55. The number of nitrogens with one attached hydrogen (secondary N) is 1. The van der Waals surface area contributed by atoms with Crippen molar-refractivity contribution in [3.63, 3.8) is 0 Å². The van der Waals surface area contributed by atoms with E-state index < -0.39 is 23.6 Å². The van der Waals surface area contributed by atoms with E-state index in [0.29, 0.717) is 6.07 Å². The van der Waals surface area contributed by atoms with Crippen LogP contribution < -0.4 is 5.32 Å². The van der Waals surface area contributed by atoms with E-state index in [0.717, 1.165) is 22.0 Å². The third kappa shape index (κ3) is 3.14. The van der Waals surface area contributed by atoms with Crippen molar-refractivity contribution in [3.05, 3.63) is 47.5 Å². The Morgan fingerprint density at radius 3 is 2.70 bits per heavy atom. The Bertz CT molecular complexity index is 891. The van der Waals surface area contributed by atoms with E-state index in [9.17, 15) is 18.0 Å². The van der Waals surface area contributed by atoms with Crippen molar-refractivity contribution in [2.75, 3.05) is 5.32 Å². The number of anilines is 1. The van der Waals surface area contributed by atoms with Gasteiger partial charge in [-0.2, -0.15) is 13.2 Å². The molecule has 5 nitrogen and oxygen atoms in total. The summed E-state index contributed by atoms with van der Waals surface area (Å²) in [6.07, 6.45) is -3.74. The van der Waals surface area contributed by atoms with E-state index in [2.05, 4.69) is 20.3 Å². The van der Waals surface area contributed by atoms with Gasteiger partial charge in [-0.15, -0.1) is 0 Å². The molecule has 0 unspecified atom stereocenters. The molecule has 0 saturated carbocycles. The molecule has 1 N–H and O–H groups in total. The second-order valence-electron chi connectivity index (χ2n) is 4.66. The maximum Gasteiger partial charge on any atom is 0.433 e. The summed E-state index contributed by atoms with van der Waals surface area (Å²) >= 11 is 1.22. The van der Waals surface area contributed by atoms with E-state index in [-0.39, 0.29) is 5.13 Å². The first-order valence-corrected chi connectivity index (χ1v) is 7.24. The lowest BCUT2D eigenvalue weighted by atomic mass is 10.2. The number of thiazole rings is 1. The highest BCUT2D eigenvalue weighted by atomic mass is 32.1. The van der Waals surface area contributed by atoms with Crippen molar-refractivity contribution in [3.8, 4) is 0 Å². The number of carbonyl (C=O) groups is 1. The number of halogens is 3. The Morgan fingerprint density at radius 2 is 2.00 bits per heavy atom. The van der Waals surface area contributed by atoms with E-state index in [1.807, 2.05) is 25.1 Å². The molecule has 0 aliphatic carbocycles. The predicted molar refractivity (Wildman–Crippen MR) is 79.3 cm³/mol. The largest absolute Gasteiger partial charge is 0.433 e. The fourth-order valence-electron chi connectivity index (χ4n) is 1.92. The van der Waals surface area contributed by atoms with Crippen LogP contribution >= 0.6 is 11.3 Å². The van der Waals surface area contributed by atoms with Crippen LogP contribution in [0.4, 0.5) is 18.3 Å². The smallest absolute Gasteiger partial charge is 0.295 e. The van der Waals surface area contributed by atoms with Crippen LogP contribution in [0.3, 0.4) is 0 Å². The molecule has 3 aromatic rings. The van der Waals surface area contributed by atoms with Gasteiger partial charge in [-0.3, -0.25) is 10.1 Å². The number of benzene rings is 1. The molecule has 0 radical (unpaired) electrons. The molecule has 3 rings (SSSR count). The second kappa shape index (κ2) is 5.58. The number of hydrogen-bond donors (Lipinski definition) is 1. The zero-order valence-electron chi connectivity index (χ0n) is 11.7. The minimum atomic E-state index is -4.63. The van der Waals surface area contributed by atoms with E-state index >= 15 is 0 Å². The Labute approximate surface area is 132 Å². The van der Waals surface area contributed by atoms with Gasteiger partial charge in [0.05, 0.1) is 10.2 Å². The number of carbonyl (C=O) groups excluding carboxylic acids is 1. The van der Waals surface area contributed by atoms with Gasteiger partial charge in [0.2, 0.25) is 5.82 Å². The summed E-state index contributed by atoms with van der Waals surface area (Å²) in [7, 11) is 0. The third-order valence-corrected chi connectivity index (χ3v) is 3.93. The van der Waals surface area contributed by atoms with Gasteiger partial charge >= 0.3 is 6.18 Å². The maximum atomic E-state index is 12.6.